The van der Waals surface area contributed by atoms with E-state index in [0.717, 1.165) is 59.8 Å². The summed E-state index contributed by atoms with van der Waals surface area (Å²) in [5, 5.41) is 21.0. The van der Waals surface area contributed by atoms with Gasteiger partial charge in [0.2, 0.25) is 0 Å². The summed E-state index contributed by atoms with van der Waals surface area (Å²) in [6, 6.07) is 17.3. The van der Waals surface area contributed by atoms with E-state index >= 15 is 0 Å². The van der Waals surface area contributed by atoms with Crippen molar-refractivity contribution in [2.75, 3.05) is 32.8 Å². The summed E-state index contributed by atoms with van der Waals surface area (Å²) in [5.74, 6) is 1.49. The number of hydrogen-bond acceptors (Lipinski definition) is 6. The maximum Gasteiger partial charge on any atom is 0.131 e. The highest BCUT2D eigenvalue weighted by atomic mass is 35.5. The van der Waals surface area contributed by atoms with Gasteiger partial charge < -0.3 is 24.6 Å². The molecule has 7 heteroatoms. The monoisotopic (exact) mass is 506 g/mol. The molecule has 0 radical (unpaired) electrons. The number of benzene rings is 2. The predicted molar refractivity (Wildman–Crippen MR) is 140 cm³/mol. The van der Waals surface area contributed by atoms with E-state index in [1.165, 1.54) is 0 Å². The van der Waals surface area contributed by atoms with Crippen LogP contribution < -0.4 is 9.47 Å². The predicted octanol–water partition coefficient (Wildman–Crippen LogP) is 4.80. The molecule has 5 rings (SSSR count). The molecule has 1 fully saturated rings. The topological polar surface area (TPSA) is 75.1 Å². The smallest absolute Gasteiger partial charge is 0.131 e. The first kappa shape index (κ1) is 24.8. The summed E-state index contributed by atoms with van der Waals surface area (Å²) in [6.45, 7) is 3.18. The van der Waals surface area contributed by atoms with Crippen molar-refractivity contribution >= 4 is 17.2 Å². The summed E-state index contributed by atoms with van der Waals surface area (Å²) >= 11 is 6.02. The number of fused-ring (bicyclic) bond motifs is 2. The van der Waals surface area contributed by atoms with E-state index in [2.05, 4.69) is 22.0 Å². The van der Waals surface area contributed by atoms with Gasteiger partial charge in [0.25, 0.3) is 0 Å². The Morgan fingerprint density at radius 3 is 2.67 bits per heavy atom. The SMILES string of the molecule is OCCOc1ccc2c(c1)C(=CCCN1CCC(O)(c3ccc(Cl)cc3)CC1)c1cccnc1CO2. The van der Waals surface area contributed by atoms with Gasteiger partial charge in [-0.3, -0.25) is 4.98 Å². The molecule has 36 heavy (non-hydrogen) atoms. The molecule has 2 N–H and O–H groups in total. The van der Waals surface area contributed by atoms with Gasteiger partial charge in [-0.05, 0) is 66.8 Å². The van der Waals surface area contributed by atoms with Crippen LogP contribution in [0.5, 0.6) is 11.5 Å². The molecule has 1 saturated heterocycles. The van der Waals surface area contributed by atoms with Crippen LogP contribution in [0.25, 0.3) is 5.57 Å². The average molecular weight is 507 g/mol. The van der Waals surface area contributed by atoms with Crippen LogP contribution in [0.2, 0.25) is 5.02 Å². The molecule has 0 atom stereocenters. The second-order valence-electron chi connectivity index (χ2n) is 9.30. The van der Waals surface area contributed by atoms with Crippen LogP contribution in [-0.2, 0) is 12.2 Å². The van der Waals surface area contributed by atoms with Crippen molar-refractivity contribution in [1.82, 2.24) is 9.88 Å². The van der Waals surface area contributed by atoms with Crippen LogP contribution >= 0.6 is 11.6 Å². The first-order chi connectivity index (χ1) is 17.6. The van der Waals surface area contributed by atoms with Gasteiger partial charge in [0.15, 0.2) is 0 Å². The molecule has 1 aromatic heterocycles. The number of halogens is 1. The zero-order chi connectivity index (χ0) is 25.0. The quantitative estimate of drug-likeness (QED) is 0.479. The van der Waals surface area contributed by atoms with Crippen LogP contribution in [0.1, 0.15) is 41.6 Å². The molecule has 0 aliphatic carbocycles. The third-order valence-corrected chi connectivity index (χ3v) is 7.26. The molecule has 0 unspecified atom stereocenters. The Bertz CT molecular complexity index is 1220. The Kier molecular flexibility index (Phi) is 7.58. The Balaban J connectivity index is 1.32. The highest BCUT2D eigenvalue weighted by Gasteiger charge is 2.33. The second kappa shape index (κ2) is 11.0. The van der Waals surface area contributed by atoms with Crippen molar-refractivity contribution < 1.29 is 19.7 Å². The van der Waals surface area contributed by atoms with Gasteiger partial charge in [-0.2, -0.15) is 0 Å². The molecule has 0 spiro atoms. The Labute approximate surface area is 216 Å². The standard InChI is InChI=1S/C29H31ClN2O4/c30-22-7-5-21(6-8-22)29(34)11-15-32(16-12-29)14-2-4-24-25-3-1-13-31-27(25)20-36-28-10-9-23(19-26(24)28)35-18-17-33/h1,3-10,13,19,33-34H,2,11-12,14-18,20H2. The van der Waals surface area contributed by atoms with Crippen LogP contribution in [0.15, 0.2) is 66.9 Å². The summed E-state index contributed by atoms with van der Waals surface area (Å²) in [5.41, 5.74) is 4.15. The summed E-state index contributed by atoms with van der Waals surface area (Å²) in [4.78, 5) is 6.96. The minimum Gasteiger partial charge on any atom is -0.491 e. The van der Waals surface area contributed by atoms with Gasteiger partial charge in [-0.1, -0.05) is 35.9 Å². The molecule has 2 aliphatic rings. The highest BCUT2D eigenvalue weighted by molar-refractivity contribution is 6.30. The molecule has 0 amide bonds. The zero-order valence-electron chi connectivity index (χ0n) is 20.2. The van der Waals surface area contributed by atoms with Crippen molar-refractivity contribution in [2.45, 2.75) is 31.5 Å². The van der Waals surface area contributed by atoms with E-state index in [4.69, 9.17) is 26.2 Å². The van der Waals surface area contributed by atoms with Crippen molar-refractivity contribution in [2.24, 2.45) is 0 Å². The van der Waals surface area contributed by atoms with Crippen LogP contribution in [0.3, 0.4) is 0 Å². The molecule has 2 aromatic carbocycles. The van der Waals surface area contributed by atoms with Crippen LogP contribution in [0.4, 0.5) is 0 Å². The third-order valence-electron chi connectivity index (χ3n) is 7.00. The van der Waals surface area contributed by atoms with Crippen LogP contribution in [0, 0.1) is 0 Å². The van der Waals surface area contributed by atoms with E-state index in [1.807, 2.05) is 48.5 Å². The van der Waals surface area contributed by atoms with Crippen molar-refractivity contribution in [3.63, 3.8) is 0 Å². The van der Waals surface area contributed by atoms with Gasteiger partial charge in [0.1, 0.15) is 24.7 Å². The van der Waals surface area contributed by atoms with Crippen molar-refractivity contribution in [1.29, 1.82) is 0 Å². The molecule has 2 aliphatic heterocycles. The van der Waals surface area contributed by atoms with Gasteiger partial charge in [0.05, 0.1) is 17.9 Å². The molecule has 0 saturated carbocycles. The molecule has 0 bridgehead atoms. The van der Waals surface area contributed by atoms with E-state index in [-0.39, 0.29) is 13.2 Å². The van der Waals surface area contributed by atoms with E-state index in [1.54, 1.807) is 6.20 Å². The van der Waals surface area contributed by atoms with E-state index < -0.39 is 5.60 Å². The number of piperidine rings is 1. The lowest BCUT2D eigenvalue weighted by Crippen LogP contribution is -2.42. The lowest BCUT2D eigenvalue weighted by atomic mass is 9.84. The molecular formula is C29H31ClN2O4. The minimum absolute atomic E-state index is 0.0357. The molecule has 3 aromatic rings. The average Bonchev–Trinajstić information content (AvgIpc) is 3.06. The Hall–Kier alpha value is -2.90. The van der Waals surface area contributed by atoms with Crippen LogP contribution in [-0.4, -0.2) is 52.9 Å². The Morgan fingerprint density at radius 1 is 1.08 bits per heavy atom. The normalized spacial score (nSPS) is 18.1. The zero-order valence-corrected chi connectivity index (χ0v) is 21.0. The van der Waals surface area contributed by atoms with Gasteiger partial charge >= 0.3 is 0 Å². The first-order valence-corrected chi connectivity index (χ1v) is 12.8. The maximum absolute atomic E-state index is 11.2. The number of pyridine rings is 1. The summed E-state index contributed by atoms with van der Waals surface area (Å²) in [7, 11) is 0. The van der Waals surface area contributed by atoms with E-state index in [0.29, 0.717) is 30.2 Å². The number of aromatic nitrogens is 1. The Morgan fingerprint density at radius 2 is 1.89 bits per heavy atom. The summed E-state index contributed by atoms with van der Waals surface area (Å²) < 4.78 is 11.8. The van der Waals surface area contributed by atoms with Gasteiger partial charge in [-0.25, -0.2) is 0 Å². The fraction of sp³-hybridized carbons (Fsp3) is 0.345. The number of likely N-dealkylation sites (tertiary alicyclic amines) is 1. The maximum atomic E-state index is 11.2. The summed E-state index contributed by atoms with van der Waals surface area (Å²) in [6.07, 6.45) is 6.29. The fourth-order valence-electron chi connectivity index (χ4n) is 4.99. The third kappa shape index (κ3) is 5.42. The number of aliphatic hydroxyl groups excluding tert-OH is 1. The lowest BCUT2D eigenvalue weighted by molar-refractivity contribution is -0.0254. The highest BCUT2D eigenvalue weighted by Crippen LogP contribution is 2.39. The molecule has 3 heterocycles. The van der Waals surface area contributed by atoms with Gasteiger partial charge in [-0.15, -0.1) is 0 Å². The first-order valence-electron chi connectivity index (χ1n) is 12.4. The largest absolute Gasteiger partial charge is 0.491 e. The molecule has 188 valence electrons. The number of rotatable bonds is 7. The second-order valence-corrected chi connectivity index (χ2v) is 9.74. The number of nitrogens with zero attached hydrogens (tertiary/aromatic N) is 2. The van der Waals surface area contributed by atoms with Gasteiger partial charge in [0, 0.05) is 42.0 Å². The van der Waals surface area contributed by atoms with E-state index in [9.17, 15) is 5.11 Å². The molecular weight excluding hydrogens is 476 g/mol. The van der Waals surface area contributed by atoms with Crippen molar-refractivity contribution in [3.05, 3.63) is 94.3 Å². The fourth-order valence-corrected chi connectivity index (χ4v) is 5.12. The minimum atomic E-state index is -0.799. The number of hydrogen-bond donors (Lipinski definition) is 2. The molecule has 6 nitrogen and oxygen atoms in total. The number of ether oxygens (including phenoxy) is 2. The lowest BCUT2D eigenvalue weighted by Gasteiger charge is -2.38. The number of aliphatic hydroxyl groups is 2. The van der Waals surface area contributed by atoms with Crippen molar-refractivity contribution in [3.8, 4) is 11.5 Å².